The van der Waals surface area contributed by atoms with Gasteiger partial charge in [-0.25, -0.2) is 8.78 Å². The Morgan fingerprint density at radius 3 is 1.77 bits per heavy atom. The quantitative estimate of drug-likeness (QED) is 0.514. The van der Waals surface area contributed by atoms with Gasteiger partial charge in [0.15, 0.2) is 0 Å². The van der Waals surface area contributed by atoms with Gasteiger partial charge in [0.05, 0.1) is 18.4 Å². The van der Waals surface area contributed by atoms with E-state index in [0.29, 0.717) is 37.2 Å². The maximum Gasteiger partial charge on any atom is 0.127 e. The molecule has 2 aliphatic rings. The van der Waals surface area contributed by atoms with Crippen molar-refractivity contribution in [2.75, 3.05) is 13.1 Å². The van der Waals surface area contributed by atoms with Crippen LogP contribution in [0.5, 0.6) is 11.5 Å². The zero-order valence-corrected chi connectivity index (χ0v) is 16.8. The van der Waals surface area contributed by atoms with E-state index < -0.39 is 24.4 Å². The molecule has 0 amide bonds. The van der Waals surface area contributed by atoms with E-state index in [0.717, 1.165) is 16.1 Å². The molecule has 0 unspecified atom stereocenters. The average Bonchev–Trinajstić information content (AvgIpc) is 2.77. The van der Waals surface area contributed by atoms with Gasteiger partial charge in [0.25, 0.3) is 0 Å². The molecular weight excluding hydrogens is 410 g/mol. The highest BCUT2D eigenvalue weighted by molar-refractivity contribution is 5.36. The molecule has 2 aliphatic heterocycles. The second-order valence-corrected chi connectivity index (χ2v) is 7.98. The summed E-state index contributed by atoms with van der Waals surface area (Å²) in [6, 6.07) is 8.44. The summed E-state index contributed by atoms with van der Waals surface area (Å²) in [4.78, 5) is 11.3. The summed E-state index contributed by atoms with van der Waals surface area (Å²) in [5.74, 6) is 0.329. The Labute approximate surface area is 178 Å². The maximum atomic E-state index is 13.3. The van der Waals surface area contributed by atoms with Gasteiger partial charge in [0.1, 0.15) is 47.5 Å². The number of fused-ring (bicyclic) bond motifs is 2. The van der Waals surface area contributed by atoms with Crippen molar-refractivity contribution in [3.8, 4) is 11.5 Å². The molecule has 4 atom stereocenters. The Balaban J connectivity index is 1.32. The zero-order chi connectivity index (χ0) is 22.0. The molecule has 31 heavy (non-hydrogen) atoms. The first-order valence-electron chi connectivity index (χ1n) is 10.3. The van der Waals surface area contributed by atoms with Crippen LogP contribution < -0.4 is 9.47 Å². The molecule has 166 valence electrons. The number of hydrogen-bond acceptors (Lipinski definition) is 6. The molecule has 2 heterocycles. The Kier molecular flexibility index (Phi) is 6.33. The Morgan fingerprint density at radius 2 is 1.35 bits per heavy atom. The molecule has 0 fully saturated rings. The van der Waals surface area contributed by atoms with Gasteiger partial charge in [-0.15, -0.1) is 4.91 Å². The molecule has 0 bridgehead atoms. The van der Waals surface area contributed by atoms with E-state index in [2.05, 4.69) is 5.29 Å². The normalized spacial score (nSPS) is 21.7. The third-order valence-corrected chi connectivity index (χ3v) is 5.77. The molecule has 0 aromatic heterocycles. The number of aliphatic hydroxyl groups is 2. The summed E-state index contributed by atoms with van der Waals surface area (Å²) < 4.78 is 38.2. The number of benzene rings is 2. The zero-order valence-electron chi connectivity index (χ0n) is 16.8. The van der Waals surface area contributed by atoms with Crippen molar-refractivity contribution in [1.82, 2.24) is 5.01 Å². The smallest absolute Gasteiger partial charge is 0.127 e. The largest absolute Gasteiger partial charge is 0.487 e. The first kappa shape index (κ1) is 21.5. The summed E-state index contributed by atoms with van der Waals surface area (Å²) in [6.07, 6.45) is -1.20. The van der Waals surface area contributed by atoms with Gasteiger partial charge >= 0.3 is 0 Å². The van der Waals surface area contributed by atoms with Crippen molar-refractivity contribution in [3.05, 3.63) is 64.1 Å². The lowest BCUT2D eigenvalue weighted by molar-refractivity contribution is -0.0275. The van der Waals surface area contributed by atoms with Crippen molar-refractivity contribution in [1.29, 1.82) is 0 Å². The molecule has 7 nitrogen and oxygen atoms in total. The third kappa shape index (κ3) is 4.94. The molecule has 2 aromatic carbocycles. The van der Waals surface area contributed by atoms with Gasteiger partial charge in [0.2, 0.25) is 0 Å². The van der Waals surface area contributed by atoms with Crippen LogP contribution in [0.3, 0.4) is 0 Å². The van der Waals surface area contributed by atoms with E-state index in [9.17, 15) is 23.9 Å². The lowest BCUT2D eigenvalue weighted by Crippen LogP contribution is -2.46. The fourth-order valence-electron chi connectivity index (χ4n) is 4.11. The number of nitrogens with zero attached hydrogens (tertiary/aromatic N) is 2. The highest BCUT2D eigenvalue weighted by atomic mass is 19.1. The minimum atomic E-state index is -1.03. The number of rotatable bonds is 7. The minimum Gasteiger partial charge on any atom is -0.487 e. The fraction of sp³-hybridized carbons (Fsp3) is 0.455. The topological polar surface area (TPSA) is 91.6 Å². The van der Waals surface area contributed by atoms with Crippen molar-refractivity contribution in [3.63, 3.8) is 0 Å². The van der Waals surface area contributed by atoms with Crippen LogP contribution in [0, 0.1) is 16.5 Å². The van der Waals surface area contributed by atoms with E-state index in [1.54, 1.807) is 0 Å². The van der Waals surface area contributed by atoms with Crippen molar-refractivity contribution in [2.24, 2.45) is 5.29 Å². The lowest BCUT2D eigenvalue weighted by atomic mass is 9.98. The number of nitroso groups, excluding NO2 is 1. The summed E-state index contributed by atoms with van der Waals surface area (Å²) in [7, 11) is 0. The number of halogens is 2. The summed E-state index contributed by atoms with van der Waals surface area (Å²) in [6.45, 7) is -0.257. The first-order valence-corrected chi connectivity index (χ1v) is 10.3. The van der Waals surface area contributed by atoms with E-state index in [-0.39, 0.29) is 24.7 Å². The van der Waals surface area contributed by atoms with Gasteiger partial charge in [-0.2, -0.15) is 0 Å². The molecule has 0 saturated carbocycles. The Morgan fingerprint density at radius 1 is 0.903 bits per heavy atom. The monoisotopic (exact) mass is 434 g/mol. The molecule has 9 heteroatoms. The van der Waals surface area contributed by atoms with Gasteiger partial charge < -0.3 is 19.7 Å². The highest BCUT2D eigenvalue weighted by Gasteiger charge is 2.32. The fourth-order valence-corrected chi connectivity index (χ4v) is 4.11. The predicted molar refractivity (Wildman–Crippen MR) is 108 cm³/mol. The second-order valence-electron chi connectivity index (χ2n) is 7.98. The van der Waals surface area contributed by atoms with E-state index in [1.165, 1.54) is 36.4 Å². The van der Waals surface area contributed by atoms with Crippen molar-refractivity contribution >= 4 is 0 Å². The number of aryl methyl sites for hydroxylation is 2. The molecule has 0 aliphatic carbocycles. The van der Waals surface area contributed by atoms with Crippen LogP contribution in [0.25, 0.3) is 0 Å². The van der Waals surface area contributed by atoms with Gasteiger partial charge in [0, 0.05) is 0 Å². The third-order valence-electron chi connectivity index (χ3n) is 5.77. The Bertz CT molecular complexity index is 873. The molecule has 2 aromatic rings. The number of hydrogen-bond donors (Lipinski definition) is 2. The second kappa shape index (κ2) is 9.15. The van der Waals surface area contributed by atoms with Crippen LogP contribution in [0.15, 0.2) is 41.7 Å². The average molecular weight is 434 g/mol. The van der Waals surface area contributed by atoms with Gasteiger partial charge in [-0.05, 0) is 73.2 Å². The van der Waals surface area contributed by atoms with Crippen molar-refractivity contribution in [2.45, 2.75) is 50.1 Å². The summed E-state index contributed by atoms with van der Waals surface area (Å²) in [5, 5.41) is 25.1. The van der Waals surface area contributed by atoms with Crippen LogP contribution in [0.2, 0.25) is 0 Å². The van der Waals surface area contributed by atoms with E-state index >= 15 is 0 Å². The van der Waals surface area contributed by atoms with Gasteiger partial charge in [-0.1, -0.05) is 0 Å². The van der Waals surface area contributed by atoms with Crippen LogP contribution >= 0.6 is 0 Å². The van der Waals surface area contributed by atoms with Crippen LogP contribution in [-0.2, 0) is 12.8 Å². The highest BCUT2D eigenvalue weighted by Crippen LogP contribution is 2.31. The minimum absolute atomic E-state index is 0.129. The summed E-state index contributed by atoms with van der Waals surface area (Å²) in [5.41, 5.74) is 1.47. The molecule has 0 saturated heterocycles. The molecule has 0 radical (unpaired) electrons. The van der Waals surface area contributed by atoms with E-state index in [4.69, 9.17) is 9.47 Å². The molecular formula is C22H24F2N2O5. The maximum absolute atomic E-state index is 13.3. The van der Waals surface area contributed by atoms with Gasteiger partial charge in [-0.3, -0.25) is 5.01 Å². The Hall–Kier alpha value is -2.78. The van der Waals surface area contributed by atoms with Crippen LogP contribution in [0.1, 0.15) is 24.0 Å². The number of aliphatic hydroxyl groups excluding tert-OH is 2. The summed E-state index contributed by atoms with van der Waals surface area (Å²) >= 11 is 0. The SMILES string of the molecule is O=NN(C[C@@H](O)[C@@H]1CCc2cc(F)ccc2O1)C[C@H](O)[C@@H]1CCc2cc(F)ccc2O1. The molecule has 2 N–H and O–H groups in total. The lowest BCUT2D eigenvalue weighted by Gasteiger charge is -2.33. The predicted octanol–water partition coefficient (Wildman–Crippen LogP) is 2.76. The standard InChI is InChI=1S/C22H24F2N2O5/c23-15-3-7-19-13(9-15)1-5-21(30-19)17(27)11-26(25-29)12-18(28)22-6-2-14-10-16(24)4-8-20(14)31-22/h3-4,7-10,17-18,21-22,27-28H,1-2,5-6,11-12H2/t17-,18+,21-,22-/m0/s1. The first-order chi connectivity index (χ1) is 14.9. The molecule has 4 rings (SSSR count). The number of ether oxygens (including phenoxy) is 2. The van der Waals surface area contributed by atoms with Crippen LogP contribution in [-0.4, -0.2) is 52.7 Å². The van der Waals surface area contributed by atoms with Crippen molar-refractivity contribution < 1.29 is 28.5 Å². The van der Waals surface area contributed by atoms with Crippen LogP contribution in [0.4, 0.5) is 8.78 Å². The molecule has 0 spiro atoms. The van der Waals surface area contributed by atoms with E-state index in [1.807, 2.05) is 0 Å².